The minimum atomic E-state index is -3.04. The maximum atomic E-state index is 12.4. The quantitative estimate of drug-likeness (QED) is 0.425. The van der Waals surface area contributed by atoms with Crippen molar-refractivity contribution in [3.05, 3.63) is 20.4 Å². The number of aliphatic imine (C=N–C) groups is 2. The van der Waals surface area contributed by atoms with Gasteiger partial charge in [-0.05, 0) is 42.5 Å². The van der Waals surface area contributed by atoms with Gasteiger partial charge in [0.05, 0.1) is 35.8 Å². The average molecular weight is 443 g/mol. The summed E-state index contributed by atoms with van der Waals surface area (Å²) in [6, 6.07) is 0. The van der Waals surface area contributed by atoms with Crippen molar-refractivity contribution in [2.45, 2.75) is 26.7 Å². The topological polar surface area (TPSA) is 60.2 Å². The van der Waals surface area contributed by atoms with E-state index in [1.807, 2.05) is 6.08 Å². The maximum absolute atomic E-state index is 12.4. The Kier molecular flexibility index (Phi) is 6.20. The summed E-state index contributed by atoms with van der Waals surface area (Å²) in [4.78, 5) is 8.92. The van der Waals surface area contributed by atoms with E-state index in [4.69, 9.17) is 20.6 Å². The van der Waals surface area contributed by atoms with Gasteiger partial charge in [-0.3, -0.25) is 4.57 Å². The molecule has 0 saturated heterocycles. The van der Waals surface area contributed by atoms with E-state index >= 15 is 0 Å². The maximum Gasteiger partial charge on any atom is 0.331 e. The Bertz CT molecular complexity index is 588. The van der Waals surface area contributed by atoms with E-state index in [2.05, 4.69) is 32.6 Å². The molecule has 0 radical (unpaired) electrons. The summed E-state index contributed by atoms with van der Waals surface area (Å²) in [5.41, 5.74) is 1.72. The third kappa shape index (κ3) is 4.48. The summed E-state index contributed by atoms with van der Waals surface area (Å²) < 4.78 is 24.0. The normalized spacial score (nSPS) is 18.4. The lowest BCUT2D eigenvalue weighted by atomic mass is 10.1. The van der Waals surface area contributed by atoms with Crippen LogP contribution in [0, 0.1) is 0 Å². The summed E-state index contributed by atoms with van der Waals surface area (Å²) in [7, 11) is -3.04. The molecule has 0 unspecified atom stereocenters. The van der Waals surface area contributed by atoms with Crippen molar-refractivity contribution in [3.8, 4) is 0 Å². The fraction of sp³-hybridized carbons (Fsp3) is 0.538. The predicted molar refractivity (Wildman–Crippen MR) is 94.8 cm³/mol. The Hall–Kier alpha value is -0.0100. The minimum absolute atomic E-state index is 0.288. The van der Waals surface area contributed by atoms with Crippen molar-refractivity contribution in [2.75, 3.05) is 19.4 Å². The molecule has 2 aliphatic rings. The van der Waals surface area contributed by atoms with Crippen molar-refractivity contribution >= 4 is 53.3 Å². The van der Waals surface area contributed by atoms with Gasteiger partial charge in [0, 0.05) is 16.4 Å². The summed E-state index contributed by atoms with van der Waals surface area (Å²) in [6.07, 6.45) is 3.28. The van der Waals surface area contributed by atoms with Crippen LogP contribution in [-0.4, -0.2) is 30.9 Å². The van der Waals surface area contributed by atoms with Crippen LogP contribution in [0.4, 0.5) is 0 Å². The summed E-state index contributed by atoms with van der Waals surface area (Å²) in [5.74, 6) is 0.659. The first-order valence-electron chi connectivity index (χ1n) is 6.77. The first kappa shape index (κ1) is 17.3. The van der Waals surface area contributed by atoms with E-state index in [0.29, 0.717) is 36.9 Å². The van der Waals surface area contributed by atoms with Crippen molar-refractivity contribution in [2.24, 2.45) is 9.98 Å². The summed E-state index contributed by atoms with van der Waals surface area (Å²) >= 11 is 8.31. The van der Waals surface area contributed by atoms with E-state index in [1.165, 1.54) is 0 Å². The third-order valence-electron chi connectivity index (χ3n) is 2.92. The Labute approximate surface area is 143 Å². The average Bonchev–Trinajstić information content (AvgIpc) is 2.80. The SMILES string of the molecule is CCOP(=O)(CCC1=NC2=CC(Cl)=C(I)CC2=N1)OCC. The standard InChI is InChI=1S/C13H17ClIN2O3P/c1-3-19-21(18,20-4-2)6-5-13-16-11-7-9(14)10(15)8-12(11)17-13/h7H,3-6,8H2,1-2H3. The van der Waals surface area contributed by atoms with Gasteiger partial charge in [-0.1, -0.05) is 11.6 Å². The van der Waals surface area contributed by atoms with Crippen LogP contribution < -0.4 is 0 Å². The number of amidine groups is 1. The molecule has 1 heterocycles. The molecule has 0 aromatic carbocycles. The van der Waals surface area contributed by atoms with Gasteiger partial charge < -0.3 is 9.05 Å². The van der Waals surface area contributed by atoms with Gasteiger partial charge in [-0.2, -0.15) is 0 Å². The molecule has 0 amide bonds. The van der Waals surface area contributed by atoms with Crippen molar-refractivity contribution < 1.29 is 13.6 Å². The van der Waals surface area contributed by atoms with Gasteiger partial charge in [0.15, 0.2) is 0 Å². The van der Waals surface area contributed by atoms with Crippen LogP contribution in [0.3, 0.4) is 0 Å². The van der Waals surface area contributed by atoms with Crippen LogP contribution in [0.1, 0.15) is 26.7 Å². The van der Waals surface area contributed by atoms with Gasteiger partial charge in [-0.25, -0.2) is 9.98 Å². The highest BCUT2D eigenvalue weighted by molar-refractivity contribution is 14.1. The third-order valence-corrected chi connectivity index (χ3v) is 6.61. The Morgan fingerprint density at radius 1 is 1.33 bits per heavy atom. The number of fused-ring (bicyclic) bond motifs is 1. The van der Waals surface area contributed by atoms with Crippen LogP contribution in [-0.2, 0) is 13.6 Å². The molecule has 5 nitrogen and oxygen atoms in total. The van der Waals surface area contributed by atoms with Crippen LogP contribution in [0.2, 0.25) is 0 Å². The molecule has 0 spiro atoms. The highest BCUT2D eigenvalue weighted by atomic mass is 127. The molecular weight excluding hydrogens is 425 g/mol. The largest absolute Gasteiger partial charge is 0.331 e. The van der Waals surface area contributed by atoms with E-state index < -0.39 is 7.60 Å². The monoisotopic (exact) mass is 442 g/mol. The molecule has 2 rings (SSSR count). The number of allylic oxidation sites excluding steroid dienone is 4. The van der Waals surface area contributed by atoms with Gasteiger partial charge in [0.1, 0.15) is 5.84 Å². The highest BCUT2D eigenvalue weighted by Gasteiger charge is 2.27. The molecule has 0 aromatic heterocycles. The van der Waals surface area contributed by atoms with E-state index in [9.17, 15) is 4.57 Å². The zero-order valence-electron chi connectivity index (χ0n) is 11.9. The number of hydrogen-bond donors (Lipinski definition) is 0. The molecule has 0 atom stereocenters. The fourth-order valence-corrected chi connectivity index (χ4v) is 4.31. The van der Waals surface area contributed by atoms with Gasteiger partial charge in [-0.15, -0.1) is 0 Å². The number of rotatable bonds is 7. The minimum Gasteiger partial charge on any atom is -0.309 e. The molecule has 0 saturated carbocycles. The Morgan fingerprint density at radius 3 is 2.62 bits per heavy atom. The number of hydrogen-bond acceptors (Lipinski definition) is 5. The first-order chi connectivity index (χ1) is 9.97. The number of halogens is 2. The van der Waals surface area contributed by atoms with Crippen LogP contribution in [0.15, 0.2) is 30.4 Å². The van der Waals surface area contributed by atoms with Gasteiger partial charge >= 0.3 is 7.60 Å². The van der Waals surface area contributed by atoms with Crippen LogP contribution >= 0.6 is 41.8 Å². The lowest BCUT2D eigenvalue weighted by molar-refractivity contribution is 0.220. The molecule has 21 heavy (non-hydrogen) atoms. The highest BCUT2D eigenvalue weighted by Crippen LogP contribution is 2.48. The van der Waals surface area contributed by atoms with Crippen molar-refractivity contribution in [3.63, 3.8) is 0 Å². The first-order valence-corrected chi connectivity index (χ1v) is 9.95. The predicted octanol–water partition coefficient (Wildman–Crippen LogP) is 4.67. The van der Waals surface area contributed by atoms with Crippen LogP contribution in [0.5, 0.6) is 0 Å². The molecule has 0 fully saturated rings. The zero-order valence-corrected chi connectivity index (χ0v) is 15.7. The lowest BCUT2D eigenvalue weighted by Crippen LogP contribution is -2.04. The number of nitrogens with zero attached hydrogens (tertiary/aromatic N) is 2. The van der Waals surface area contributed by atoms with Gasteiger partial charge in [0.25, 0.3) is 0 Å². The molecule has 0 aromatic rings. The fourth-order valence-electron chi connectivity index (χ4n) is 2.03. The second-order valence-corrected chi connectivity index (χ2v) is 8.36. The molecular formula is C13H17ClIN2O3P. The second kappa shape index (κ2) is 7.51. The van der Waals surface area contributed by atoms with E-state index in [1.54, 1.807) is 13.8 Å². The Morgan fingerprint density at radius 2 is 2.00 bits per heavy atom. The molecule has 1 aliphatic carbocycles. The second-order valence-electron chi connectivity index (χ2n) is 4.47. The van der Waals surface area contributed by atoms with Crippen molar-refractivity contribution in [1.29, 1.82) is 0 Å². The van der Waals surface area contributed by atoms with Crippen LogP contribution in [0.25, 0.3) is 0 Å². The molecule has 8 heteroatoms. The lowest BCUT2D eigenvalue weighted by Gasteiger charge is -2.16. The Balaban J connectivity index is 2.02. The smallest absolute Gasteiger partial charge is 0.309 e. The zero-order chi connectivity index (χ0) is 15.5. The molecule has 0 N–H and O–H groups in total. The van der Waals surface area contributed by atoms with Crippen molar-refractivity contribution in [1.82, 2.24) is 0 Å². The molecule has 1 aliphatic heterocycles. The molecule has 116 valence electrons. The van der Waals surface area contributed by atoms with E-state index in [0.717, 1.165) is 15.0 Å². The molecule has 0 bridgehead atoms. The van der Waals surface area contributed by atoms with Gasteiger partial charge in [0.2, 0.25) is 0 Å². The summed E-state index contributed by atoms with van der Waals surface area (Å²) in [6.45, 7) is 4.32. The summed E-state index contributed by atoms with van der Waals surface area (Å²) in [5, 5.41) is 0.712. The van der Waals surface area contributed by atoms with E-state index in [-0.39, 0.29) is 6.16 Å².